The first-order valence-electron chi connectivity index (χ1n) is 16.5. The van der Waals surface area contributed by atoms with E-state index in [9.17, 15) is 22.2 Å². The van der Waals surface area contributed by atoms with Gasteiger partial charge in [-0.05, 0) is 80.1 Å². The molecule has 0 aliphatic heterocycles. The number of carbonyl (C=O) groups is 1. The van der Waals surface area contributed by atoms with E-state index in [0.717, 1.165) is 6.26 Å². The number of methoxy groups -OCH3 is 1. The lowest BCUT2D eigenvalue weighted by Gasteiger charge is -2.32. The second kappa shape index (κ2) is 17.6. The quantitative estimate of drug-likeness (QED) is 0.0679. The fourth-order valence-electron chi connectivity index (χ4n) is 5.35. The van der Waals surface area contributed by atoms with Crippen LogP contribution in [-0.4, -0.2) is 73.7 Å². The van der Waals surface area contributed by atoms with Crippen LogP contribution >= 0.6 is 19.0 Å². The van der Waals surface area contributed by atoms with Crippen LogP contribution in [0.2, 0.25) is 5.02 Å². The molecule has 2 N–H and O–H groups in total. The average Bonchev–Trinajstić information content (AvgIpc) is 3.58. The minimum atomic E-state index is -3.70. The molecule has 1 unspecified atom stereocenters. The van der Waals surface area contributed by atoms with Crippen molar-refractivity contribution in [2.24, 2.45) is 0 Å². The first kappa shape index (κ1) is 39.8. The molecule has 0 bridgehead atoms. The number of esters is 1. The number of halogens is 2. The van der Waals surface area contributed by atoms with E-state index in [-0.39, 0.29) is 44.2 Å². The molecule has 53 heavy (non-hydrogen) atoms. The van der Waals surface area contributed by atoms with Crippen molar-refractivity contribution >= 4 is 57.3 Å². The Morgan fingerprint density at radius 2 is 1.91 bits per heavy atom. The molecule has 282 valence electrons. The highest BCUT2D eigenvalue weighted by Crippen LogP contribution is 2.47. The molecular weight excluding hydrogens is 748 g/mol. The zero-order valence-electron chi connectivity index (χ0n) is 29.5. The Morgan fingerprint density at radius 1 is 1.09 bits per heavy atom. The maximum absolute atomic E-state index is 14.3. The Labute approximate surface area is 312 Å². The number of furan rings is 1. The topological polar surface area (TPSA) is 162 Å². The number of hydrogen-bond acceptors (Lipinski definition) is 11. The van der Waals surface area contributed by atoms with Gasteiger partial charge >= 0.3 is 5.97 Å². The molecular formula is C36H40ClFN5O8PS. The van der Waals surface area contributed by atoms with Crippen molar-refractivity contribution in [3.63, 3.8) is 0 Å². The molecule has 0 spiro atoms. The predicted octanol–water partition coefficient (Wildman–Crippen LogP) is 7.19. The van der Waals surface area contributed by atoms with Gasteiger partial charge in [0.05, 0.1) is 29.4 Å². The minimum Gasteiger partial charge on any atom is -0.487 e. The average molecular weight is 788 g/mol. The highest BCUT2D eigenvalue weighted by atomic mass is 35.5. The molecule has 0 amide bonds. The van der Waals surface area contributed by atoms with Gasteiger partial charge in [-0.2, -0.15) is 0 Å². The van der Waals surface area contributed by atoms with Crippen molar-refractivity contribution in [2.75, 3.05) is 43.9 Å². The number of nitrogens with zero attached hydrogens (tertiary/aromatic N) is 3. The fraction of sp³-hybridized carbons (Fsp3) is 0.306. The molecule has 13 nitrogen and oxygen atoms in total. The largest absolute Gasteiger partial charge is 0.487 e. The van der Waals surface area contributed by atoms with Gasteiger partial charge in [0.25, 0.3) is 0 Å². The summed E-state index contributed by atoms with van der Waals surface area (Å²) in [6.07, 6.45) is 2.23. The highest BCUT2D eigenvalue weighted by molar-refractivity contribution is 7.90. The third-order valence-electron chi connectivity index (χ3n) is 7.91. The molecule has 5 aromatic rings. The fourth-order valence-corrected chi connectivity index (χ4v) is 8.53. The molecule has 0 aliphatic rings. The summed E-state index contributed by atoms with van der Waals surface area (Å²) < 4.78 is 75.9. The van der Waals surface area contributed by atoms with Gasteiger partial charge < -0.3 is 23.9 Å². The Hall–Kier alpha value is -4.37. The van der Waals surface area contributed by atoms with Crippen LogP contribution in [0, 0.1) is 5.82 Å². The van der Waals surface area contributed by atoms with Crippen molar-refractivity contribution < 1.29 is 40.8 Å². The zero-order chi connectivity index (χ0) is 38.2. The summed E-state index contributed by atoms with van der Waals surface area (Å²) in [6.45, 7) is 3.30. The van der Waals surface area contributed by atoms with Crippen LogP contribution in [0.4, 0.5) is 15.9 Å². The second-order valence-electron chi connectivity index (χ2n) is 12.1. The predicted molar refractivity (Wildman–Crippen MR) is 202 cm³/mol. The number of sulfone groups is 1. The maximum Gasteiger partial charge on any atom is 0.323 e. The maximum atomic E-state index is 14.3. The van der Waals surface area contributed by atoms with Crippen LogP contribution in [0.25, 0.3) is 22.2 Å². The van der Waals surface area contributed by atoms with E-state index < -0.39 is 29.3 Å². The Morgan fingerprint density at radius 3 is 2.62 bits per heavy atom. The van der Waals surface area contributed by atoms with E-state index in [0.29, 0.717) is 55.8 Å². The van der Waals surface area contributed by atoms with Gasteiger partial charge in [-0.3, -0.25) is 9.36 Å². The van der Waals surface area contributed by atoms with E-state index in [2.05, 4.69) is 20.4 Å². The lowest BCUT2D eigenvalue weighted by Crippen LogP contribution is -2.40. The van der Waals surface area contributed by atoms with Crippen LogP contribution in [-0.2, 0) is 41.8 Å². The van der Waals surface area contributed by atoms with Gasteiger partial charge in [0.15, 0.2) is 0 Å². The molecule has 0 saturated heterocycles. The van der Waals surface area contributed by atoms with E-state index in [4.69, 9.17) is 30.2 Å². The highest BCUT2D eigenvalue weighted by Gasteiger charge is 2.35. The molecule has 0 radical (unpaired) electrons. The third kappa shape index (κ3) is 10.8. The third-order valence-corrected chi connectivity index (χ3v) is 11.8. The number of carbonyl (C=O) groups excluding carboxylic acids is 1. The normalized spacial score (nSPS) is 13.5. The number of aromatic nitrogens is 2. The minimum absolute atomic E-state index is 0.0507. The lowest BCUT2D eigenvalue weighted by molar-refractivity contribution is -0.144. The smallest absolute Gasteiger partial charge is 0.323 e. The number of anilines is 2. The van der Waals surface area contributed by atoms with Crippen LogP contribution < -0.4 is 15.1 Å². The van der Waals surface area contributed by atoms with Crippen LogP contribution in [0.1, 0.15) is 25.2 Å². The standard InChI is InChI=1S/C36H40ClFN5O8PS/c1-5-49-36(44)24(2)42-52(45,23-48-3)43(15-16-53(4,46)47)20-29-11-14-33(51-29)26-9-12-32-30(18-26)35(40-22-39-32)41-28-10-13-34(31(37)19-28)50-21-25-7-6-8-27(38)17-25/h6-14,17-19,22,24H,5,15-16,20-21,23H2,1-4H3,(H,42,45)(H,39,40,41)/t24-,52?/m0/s1. The molecule has 3 aromatic carbocycles. The molecule has 0 aliphatic carbocycles. The van der Waals surface area contributed by atoms with Gasteiger partial charge in [0.1, 0.15) is 64.1 Å². The summed E-state index contributed by atoms with van der Waals surface area (Å²) in [5.41, 5.74) is 2.66. The first-order chi connectivity index (χ1) is 25.3. The SMILES string of the molecule is CCOC(=O)[C@H](C)NP(=O)(COC)N(CCS(C)(=O)=O)Cc1ccc(-c2ccc3ncnc(Nc4ccc(OCc5cccc(F)c5)c(Cl)c4)c3c2)o1. The summed E-state index contributed by atoms with van der Waals surface area (Å²) in [6, 6.07) is 19.3. The van der Waals surface area contributed by atoms with E-state index in [1.165, 1.54) is 37.2 Å². The number of hydrogen-bond donors (Lipinski definition) is 2. The number of fused-ring (bicyclic) bond motifs is 1. The lowest BCUT2D eigenvalue weighted by atomic mass is 10.1. The van der Waals surface area contributed by atoms with Gasteiger partial charge in [-0.25, -0.2) is 32.5 Å². The van der Waals surface area contributed by atoms with Gasteiger partial charge in [-0.1, -0.05) is 23.7 Å². The van der Waals surface area contributed by atoms with Crippen molar-refractivity contribution in [3.8, 4) is 17.1 Å². The van der Waals surface area contributed by atoms with E-state index in [1.807, 2.05) is 18.2 Å². The number of rotatable bonds is 18. The van der Waals surface area contributed by atoms with Crippen molar-refractivity contribution in [1.29, 1.82) is 0 Å². The van der Waals surface area contributed by atoms with Crippen molar-refractivity contribution in [3.05, 3.63) is 101 Å². The molecule has 2 aromatic heterocycles. The first-order valence-corrected chi connectivity index (χ1v) is 20.8. The van der Waals surface area contributed by atoms with Crippen molar-refractivity contribution in [1.82, 2.24) is 19.7 Å². The summed E-state index contributed by atoms with van der Waals surface area (Å²) >= 11 is 6.53. The Bertz CT molecular complexity index is 2220. The van der Waals surface area contributed by atoms with Gasteiger partial charge in [0, 0.05) is 36.5 Å². The number of nitrogens with one attached hydrogen (secondary N) is 2. The number of ether oxygens (including phenoxy) is 3. The zero-order valence-corrected chi connectivity index (χ0v) is 32.0. The summed E-state index contributed by atoms with van der Waals surface area (Å²) in [4.78, 5) is 21.2. The molecule has 2 heterocycles. The molecule has 5 rings (SSSR count). The van der Waals surface area contributed by atoms with Crippen LogP contribution in [0.3, 0.4) is 0 Å². The molecule has 2 atom stereocenters. The van der Waals surface area contributed by atoms with Crippen LogP contribution in [0.5, 0.6) is 5.75 Å². The number of benzene rings is 3. The molecule has 0 fully saturated rings. The Kier molecular flexibility index (Phi) is 13.3. The molecule has 0 saturated carbocycles. The Balaban J connectivity index is 1.36. The van der Waals surface area contributed by atoms with Gasteiger partial charge in [-0.15, -0.1) is 0 Å². The van der Waals surface area contributed by atoms with Crippen molar-refractivity contribution in [2.45, 2.75) is 33.0 Å². The molecule has 17 heteroatoms. The van der Waals surface area contributed by atoms with E-state index in [1.54, 1.807) is 49.4 Å². The summed E-state index contributed by atoms with van der Waals surface area (Å²) in [5, 5.41) is 7.15. The van der Waals surface area contributed by atoms with E-state index >= 15 is 0 Å². The summed E-state index contributed by atoms with van der Waals surface area (Å²) in [5.74, 6) is 0.571. The second-order valence-corrected chi connectivity index (χ2v) is 17.3. The summed E-state index contributed by atoms with van der Waals surface area (Å²) in [7, 11) is -5.77. The monoisotopic (exact) mass is 787 g/mol. The van der Waals surface area contributed by atoms with Crippen LogP contribution in [0.15, 0.2) is 83.5 Å². The van der Waals surface area contributed by atoms with Gasteiger partial charge in [0.2, 0.25) is 7.44 Å².